The van der Waals surface area contributed by atoms with E-state index in [4.69, 9.17) is 4.74 Å². The molecule has 0 radical (unpaired) electrons. The summed E-state index contributed by atoms with van der Waals surface area (Å²) in [5.74, 6) is 2.91. The molecule has 4 heteroatoms. The van der Waals surface area contributed by atoms with Gasteiger partial charge in [-0.1, -0.05) is 12.8 Å². The summed E-state index contributed by atoms with van der Waals surface area (Å²) in [5.41, 5.74) is 0. The van der Waals surface area contributed by atoms with Crippen LogP contribution in [0.2, 0.25) is 0 Å². The van der Waals surface area contributed by atoms with Gasteiger partial charge in [-0.05, 0) is 37.5 Å². The molecule has 3 unspecified atom stereocenters. The molecule has 0 amide bonds. The third-order valence-corrected chi connectivity index (χ3v) is 5.00. The lowest BCUT2D eigenvalue weighted by atomic mass is 9.82. The molecule has 2 saturated heterocycles. The minimum atomic E-state index is 0.390. The summed E-state index contributed by atoms with van der Waals surface area (Å²) in [6.45, 7) is 4.25. The molecule has 3 aliphatic rings. The predicted molar refractivity (Wildman–Crippen MR) is 77.4 cm³/mol. The van der Waals surface area contributed by atoms with E-state index in [0.29, 0.717) is 6.10 Å². The highest BCUT2D eigenvalue weighted by molar-refractivity contribution is 5.80. The summed E-state index contributed by atoms with van der Waals surface area (Å²) >= 11 is 0. The average Bonchev–Trinajstić information content (AvgIpc) is 3.08. The van der Waals surface area contributed by atoms with Gasteiger partial charge in [0.05, 0.1) is 6.10 Å². The number of rotatable bonds is 2. The smallest absolute Gasteiger partial charge is 0.193 e. The van der Waals surface area contributed by atoms with Gasteiger partial charge in [-0.2, -0.15) is 0 Å². The van der Waals surface area contributed by atoms with Gasteiger partial charge in [0.15, 0.2) is 5.96 Å². The summed E-state index contributed by atoms with van der Waals surface area (Å²) in [6.07, 6.45) is 8.48. The van der Waals surface area contributed by atoms with E-state index in [9.17, 15) is 0 Å². The van der Waals surface area contributed by atoms with Crippen LogP contribution in [0.15, 0.2) is 4.99 Å². The van der Waals surface area contributed by atoms with Crippen molar-refractivity contribution >= 4 is 5.96 Å². The van der Waals surface area contributed by atoms with Gasteiger partial charge in [0.2, 0.25) is 0 Å². The molecule has 1 aliphatic carbocycles. The summed E-state index contributed by atoms with van der Waals surface area (Å²) in [5, 5.41) is 3.51. The third kappa shape index (κ3) is 3.04. The number of hydrogen-bond acceptors (Lipinski definition) is 2. The second-order valence-electron chi connectivity index (χ2n) is 6.27. The van der Waals surface area contributed by atoms with Crippen LogP contribution in [0.1, 0.15) is 38.5 Å². The monoisotopic (exact) mass is 265 g/mol. The number of fused-ring (bicyclic) bond motifs is 1. The standard InChI is InChI=1S/C15H27N3O/c1-16-15(17-9-14-7-4-8-19-14)18-10-12-5-2-3-6-13(12)11-18/h12-14H,2-11H2,1H3,(H,16,17). The van der Waals surface area contributed by atoms with Gasteiger partial charge in [0.25, 0.3) is 0 Å². The second kappa shape index (κ2) is 6.12. The zero-order valence-corrected chi connectivity index (χ0v) is 12.1. The van der Waals surface area contributed by atoms with Gasteiger partial charge in [0.1, 0.15) is 0 Å². The summed E-state index contributed by atoms with van der Waals surface area (Å²) < 4.78 is 5.67. The van der Waals surface area contributed by atoms with Crippen LogP contribution in [0.5, 0.6) is 0 Å². The van der Waals surface area contributed by atoms with Crippen molar-refractivity contribution in [1.82, 2.24) is 10.2 Å². The molecule has 0 bridgehead atoms. The van der Waals surface area contributed by atoms with E-state index in [1.165, 1.54) is 51.6 Å². The molecule has 0 spiro atoms. The lowest BCUT2D eigenvalue weighted by Crippen LogP contribution is -2.43. The van der Waals surface area contributed by atoms with E-state index in [0.717, 1.165) is 30.9 Å². The van der Waals surface area contributed by atoms with Crippen LogP contribution in [0.3, 0.4) is 0 Å². The third-order valence-electron chi connectivity index (χ3n) is 5.00. The minimum absolute atomic E-state index is 0.390. The van der Waals surface area contributed by atoms with Crippen molar-refractivity contribution in [3.63, 3.8) is 0 Å². The predicted octanol–water partition coefficient (Wildman–Crippen LogP) is 1.86. The maximum absolute atomic E-state index is 5.67. The molecule has 4 nitrogen and oxygen atoms in total. The van der Waals surface area contributed by atoms with Crippen LogP contribution in [0, 0.1) is 11.8 Å². The van der Waals surface area contributed by atoms with Crippen LogP contribution in [-0.4, -0.2) is 50.3 Å². The largest absolute Gasteiger partial charge is 0.376 e. The van der Waals surface area contributed by atoms with Crippen molar-refractivity contribution in [2.75, 3.05) is 33.3 Å². The Morgan fingerprint density at radius 3 is 2.47 bits per heavy atom. The Bertz CT molecular complexity index is 311. The zero-order chi connectivity index (χ0) is 13.1. The average molecular weight is 265 g/mol. The van der Waals surface area contributed by atoms with Crippen LogP contribution >= 0.6 is 0 Å². The fourth-order valence-corrected chi connectivity index (χ4v) is 3.92. The van der Waals surface area contributed by atoms with Gasteiger partial charge in [0, 0.05) is 33.3 Å². The number of nitrogens with one attached hydrogen (secondary N) is 1. The van der Waals surface area contributed by atoms with Crippen LogP contribution in [0.25, 0.3) is 0 Å². The number of aliphatic imine (C=N–C) groups is 1. The summed E-state index contributed by atoms with van der Waals surface area (Å²) in [7, 11) is 1.90. The van der Waals surface area contributed by atoms with Gasteiger partial charge in [-0.25, -0.2) is 0 Å². The Balaban J connectivity index is 1.51. The van der Waals surface area contributed by atoms with E-state index in [-0.39, 0.29) is 0 Å². The SMILES string of the molecule is CN=C(NCC1CCCO1)N1CC2CCCCC2C1. The Labute approximate surface area is 116 Å². The quantitative estimate of drug-likeness (QED) is 0.611. The molecule has 3 rings (SSSR count). The number of hydrogen-bond donors (Lipinski definition) is 1. The molecular weight excluding hydrogens is 238 g/mol. The Kier molecular flexibility index (Phi) is 4.26. The van der Waals surface area contributed by atoms with Crippen molar-refractivity contribution in [1.29, 1.82) is 0 Å². The maximum atomic E-state index is 5.67. The minimum Gasteiger partial charge on any atom is -0.376 e. The molecular formula is C15H27N3O. The number of guanidine groups is 1. The lowest BCUT2D eigenvalue weighted by molar-refractivity contribution is 0.113. The van der Waals surface area contributed by atoms with E-state index in [1.54, 1.807) is 0 Å². The molecule has 0 aromatic carbocycles. The van der Waals surface area contributed by atoms with Crippen molar-refractivity contribution in [2.45, 2.75) is 44.6 Å². The first-order chi connectivity index (χ1) is 9.36. The van der Waals surface area contributed by atoms with Crippen molar-refractivity contribution in [2.24, 2.45) is 16.8 Å². The zero-order valence-electron chi connectivity index (χ0n) is 12.1. The fraction of sp³-hybridized carbons (Fsp3) is 0.933. The van der Waals surface area contributed by atoms with Crippen molar-refractivity contribution in [3.05, 3.63) is 0 Å². The molecule has 0 aromatic heterocycles. The highest BCUT2D eigenvalue weighted by Crippen LogP contribution is 2.35. The first kappa shape index (κ1) is 13.2. The fourth-order valence-electron chi connectivity index (χ4n) is 3.92. The molecule has 3 fully saturated rings. The summed E-state index contributed by atoms with van der Waals surface area (Å²) in [6, 6.07) is 0. The van der Waals surface area contributed by atoms with Gasteiger partial charge in [-0.15, -0.1) is 0 Å². The van der Waals surface area contributed by atoms with Gasteiger partial charge < -0.3 is 15.0 Å². The molecule has 2 heterocycles. The first-order valence-electron chi connectivity index (χ1n) is 7.94. The molecule has 2 aliphatic heterocycles. The Morgan fingerprint density at radius 1 is 1.16 bits per heavy atom. The van der Waals surface area contributed by atoms with E-state index in [2.05, 4.69) is 15.2 Å². The van der Waals surface area contributed by atoms with E-state index in [1.807, 2.05) is 7.05 Å². The van der Waals surface area contributed by atoms with Crippen LogP contribution < -0.4 is 5.32 Å². The Morgan fingerprint density at radius 2 is 1.89 bits per heavy atom. The second-order valence-corrected chi connectivity index (χ2v) is 6.27. The van der Waals surface area contributed by atoms with E-state index >= 15 is 0 Å². The molecule has 1 N–H and O–H groups in total. The van der Waals surface area contributed by atoms with E-state index < -0.39 is 0 Å². The topological polar surface area (TPSA) is 36.9 Å². The van der Waals surface area contributed by atoms with Crippen molar-refractivity contribution < 1.29 is 4.74 Å². The highest BCUT2D eigenvalue weighted by atomic mass is 16.5. The molecule has 19 heavy (non-hydrogen) atoms. The maximum Gasteiger partial charge on any atom is 0.193 e. The molecule has 3 atom stereocenters. The van der Waals surface area contributed by atoms with Crippen molar-refractivity contribution in [3.8, 4) is 0 Å². The first-order valence-corrected chi connectivity index (χ1v) is 7.94. The Hall–Kier alpha value is -0.770. The van der Waals surface area contributed by atoms with Gasteiger partial charge >= 0.3 is 0 Å². The summed E-state index contributed by atoms with van der Waals surface area (Å²) in [4.78, 5) is 6.93. The van der Waals surface area contributed by atoms with Gasteiger partial charge in [-0.3, -0.25) is 4.99 Å². The van der Waals surface area contributed by atoms with Crippen LogP contribution in [-0.2, 0) is 4.74 Å². The molecule has 0 aromatic rings. The number of ether oxygens (including phenoxy) is 1. The lowest BCUT2D eigenvalue weighted by Gasteiger charge is -2.23. The highest BCUT2D eigenvalue weighted by Gasteiger charge is 2.35. The molecule has 108 valence electrons. The number of nitrogens with zero attached hydrogens (tertiary/aromatic N) is 2. The normalized spacial score (nSPS) is 35.5. The van der Waals surface area contributed by atoms with Crippen LogP contribution in [0.4, 0.5) is 0 Å². The molecule has 1 saturated carbocycles. The number of likely N-dealkylation sites (tertiary alicyclic amines) is 1.